The number of rotatable bonds is 5. The van der Waals surface area contributed by atoms with Crippen LogP contribution in [0.25, 0.3) is 16.3 Å². The van der Waals surface area contributed by atoms with Gasteiger partial charge in [-0.2, -0.15) is 9.78 Å². The van der Waals surface area contributed by atoms with Crippen LogP contribution in [0.5, 0.6) is 0 Å². The molecule has 0 saturated carbocycles. The molecule has 0 spiro atoms. The number of nitrogens with zero attached hydrogens (tertiary/aromatic N) is 4. The number of aromatic nitrogens is 5. The van der Waals surface area contributed by atoms with Crippen molar-refractivity contribution in [3.8, 4) is 16.3 Å². The third-order valence-corrected chi connectivity index (χ3v) is 6.69. The topological polar surface area (TPSA) is 93.5 Å². The third kappa shape index (κ3) is 4.43. The number of halogens is 2. The Bertz CT molecular complexity index is 1580. The van der Waals surface area contributed by atoms with E-state index >= 15 is 0 Å². The van der Waals surface area contributed by atoms with Gasteiger partial charge in [-0.3, -0.25) is 14.8 Å². The van der Waals surface area contributed by atoms with Crippen LogP contribution >= 0.6 is 34.5 Å². The summed E-state index contributed by atoms with van der Waals surface area (Å²) >= 11 is 14.4. The highest BCUT2D eigenvalue weighted by Gasteiger charge is 2.23. The summed E-state index contributed by atoms with van der Waals surface area (Å²) in [5.74, 6) is -0.272. The number of hydrogen-bond acceptors (Lipinski definition) is 6. The molecule has 3 aromatic heterocycles. The van der Waals surface area contributed by atoms with E-state index in [0.717, 1.165) is 38.3 Å². The molecule has 7 nitrogen and oxygen atoms in total. The highest BCUT2D eigenvalue weighted by molar-refractivity contribution is 7.13. The molecule has 0 bridgehead atoms. The maximum Gasteiger partial charge on any atom is 0.349 e. The second-order valence-corrected chi connectivity index (χ2v) is 9.06. The lowest BCUT2D eigenvalue weighted by molar-refractivity contribution is 0.749. The van der Waals surface area contributed by atoms with Crippen molar-refractivity contribution < 1.29 is 0 Å². The average molecular weight is 508 g/mol. The molecule has 0 fully saturated rings. The van der Waals surface area contributed by atoms with Gasteiger partial charge in [0.25, 0.3) is 5.56 Å². The Morgan fingerprint density at radius 2 is 1.74 bits per heavy atom. The van der Waals surface area contributed by atoms with Gasteiger partial charge < -0.3 is 0 Å². The Balaban J connectivity index is 1.61. The summed E-state index contributed by atoms with van der Waals surface area (Å²) in [7, 11) is 0. The van der Waals surface area contributed by atoms with E-state index in [9.17, 15) is 9.59 Å². The van der Waals surface area contributed by atoms with E-state index in [1.165, 1.54) is 11.3 Å². The Morgan fingerprint density at radius 1 is 0.971 bits per heavy atom. The van der Waals surface area contributed by atoms with Crippen LogP contribution in [-0.4, -0.2) is 24.7 Å². The van der Waals surface area contributed by atoms with Gasteiger partial charge in [-0.25, -0.2) is 9.78 Å². The van der Waals surface area contributed by atoms with Gasteiger partial charge >= 0.3 is 5.69 Å². The fourth-order valence-corrected chi connectivity index (χ4v) is 4.89. The maximum absolute atomic E-state index is 12.2. The minimum atomic E-state index is -0.646. The van der Waals surface area contributed by atoms with E-state index in [2.05, 4.69) is 15.1 Å². The molecule has 1 N–H and O–H groups in total. The van der Waals surface area contributed by atoms with Gasteiger partial charge in [-0.1, -0.05) is 41.4 Å². The van der Waals surface area contributed by atoms with Crippen LogP contribution in [0, 0.1) is 0 Å². The zero-order valence-corrected chi connectivity index (χ0v) is 19.7. The van der Waals surface area contributed by atoms with Crippen molar-refractivity contribution in [3.05, 3.63) is 126 Å². The number of H-pyrrole nitrogens is 1. The molecular formula is C24H15Cl2N5O2S. The minimum absolute atomic E-state index is 0.272. The summed E-state index contributed by atoms with van der Waals surface area (Å²) in [5.41, 5.74) is 2.79. The quantitative estimate of drug-likeness (QED) is 0.364. The van der Waals surface area contributed by atoms with Gasteiger partial charge in [0.05, 0.1) is 17.3 Å². The first kappa shape index (κ1) is 22.2. The Labute approximate surface area is 207 Å². The van der Waals surface area contributed by atoms with E-state index in [-0.39, 0.29) is 5.92 Å². The highest BCUT2D eigenvalue weighted by atomic mass is 35.5. The smallest absolute Gasteiger partial charge is 0.271 e. The van der Waals surface area contributed by atoms with E-state index < -0.39 is 11.2 Å². The normalized spacial score (nSPS) is 11.9. The molecule has 0 amide bonds. The van der Waals surface area contributed by atoms with Gasteiger partial charge in [0, 0.05) is 33.4 Å². The molecule has 0 aliphatic rings. The lowest BCUT2D eigenvalue weighted by atomic mass is 9.89. The van der Waals surface area contributed by atoms with Crippen molar-refractivity contribution in [1.82, 2.24) is 24.7 Å². The molecular weight excluding hydrogens is 493 g/mol. The lowest BCUT2D eigenvalue weighted by Crippen LogP contribution is -2.30. The molecule has 0 aliphatic carbocycles. The summed E-state index contributed by atoms with van der Waals surface area (Å²) in [6.45, 7) is 0. The predicted molar refractivity (Wildman–Crippen MR) is 133 cm³/mol. The van der Waals surface area contributed by atoms with Crippen molar-refractivity contribution in [2.75, 3.05) is 0 Å². The third-order valence-electron chi connectivity index (χ3n) is 5.20. The number of pyridine rings is 1. The summed E-state index contributed by atoms with van der Waals surface area (Å²) < 4.78 is 1.08. The van der Waals surface area contributed by atoms with Gasteiger partial charge in [-0.15, -0.1) is 11.3 Å². The summed E-state index contributed by atoms with van der Waals surface area (Å²) in [4.78, 5) is 34.7. The number of thiazole rings is 1. The van der Waals surface area contributed by atoms with Crippen molar-refractivity contribution in [2.45, 2.75) is 5.92 Å². The van der Waals surface area contributed by atoms with Crippen LogP contribution in [0.3, 0.4) is 0 Å². The SMILES string of the molecule is O=c1cnn(-c2ccc(C(c3ccc(Cl)cc3)c3csc(-c4ccncc4)n3)c(Cl)c2)c(=O)[nH]1. The molecule has 5 aromatic rings. The van der Waals surface area contributed by atoms with Crippen LogP contribution in [0.2, 0.25) is 10.0 Å². The van der Waals surface area contributed by atoms with Crippen molar-refractivity contribution in [1.29, 1.82) is 0 Å². The first-order valence-corrected chi connectivity index (χ1v) is 11.7. The summed E-state index contributed by atoms with van der Waals surface area (Å²) in [6, 6.07) is 16.6. The standard InChI is InChI=1S/C24H15Cl2N5O2S/c25-16-3-1-14(2-4-16)22(20-13-34-23(29-20)15-7-9-27-10-8-15)18-6-5-17(11-19(18)26)31-24(33)30-21(32)12-28-31/h1-13,22H,(H,30,32,33). The van der Waals surface area contributed by atoms with Gasteiger partial charge in [0.2, 0.25) is 0 Å². The zero-order valence-electron chi connectivity index (χ0n) is 17.4. The Kier molecular flexibility index (Phi) is 6.10. The van der Waals surface area contributed by atoms with Crippen molar-refractivity contribution in [2.24, 2.45) is 0 Å². The first-order chi connectivity index (χ1) is 16.5. The largest absolute Gasteiger partial charge is 0.349 e. The number of benzene rings is 2. The molecule has 5 rings (SSSR count). The Morgan fingerprint density at radius 3 is 2.44 bits per heavy atom. The molecule has 1 atom stereocenters. The first-order valence-electron chi connectivity index (χ1n) is 10.1. The molecule has 168 valence electrons. The fraction of sp³-hybridized carbons (Fsp3) is 0.0417. The summed E-state index contributed by atoms with van der Waals surface area (Å²) in [6.07, 6.45) is 4.50. The van der Waals surface area contributed by atoms with Gasteiger partial charge in [-0.05, 0) is 47.5 Å². The van der Waals surface area contributed by atoms with Crippen molar-refractivity contribution >= 4 is 34.5 Å². The molecule has 1 unspecified atom stereocenters. The lowest BCUT2D eigenvalue weighted by Gasteiger charge is -2.18. The number of nitrogens with one attached hydrogen (secondary N) is 1. The van der Waals surface area contributed by atoms with Gasteiger partial charge in [0.15, 0.2) is 0 Å². The van der Waals surface area contributed by atoms with Crippen LogP contribution in [0.15, 0.2) is 88.2 Å². The van der Waals surface area contributed by atoms with Crippen LogP contribution in [-0.2, 0) is 0 Å². The average Bonchev–Trinajstić information content (AvgIpc) is 3.32. The second-order valence-electron chi connectivity index (χ2n) is 7.35. The molecule has 2 aromatic carbocycles. The zero-order chi connectivity index (χ0) is 23.7. The number of hydrogen-bond donors (Lipinski definition) is 1. The second kappa shape index (κ2) is 9.34. The van der Waals surface area contributed by atoms with E-state index in [0.29, 0.717) is 15.7 Å². The van der Waals surface area contributed by atoms with E-state index in [1.807, 2.05) is 47.8 Å². The van der Waals surface area contributed by atoms with Gasteiger partial charge in [0.1, 0.15) is 11.2 Å². The molecule has 0 radical (unpaired) electrons. The van der Waals surface area contributed by atoms with E-state index in [1.54, 1.807) is 24.5 Å². The molecule has 0 saturated heterocycles. The van der Waals surface area contributed by atoms with Crippen molar-refractivity contribution in [3.63, 3.8) is 0 Å². The predicted octanol–water partition coefficient (Wildman–Crippen LogP) is 4.93. The van der Waals surface area contributed by atoms with Crippen LogP contribution in [0.1, 0.15) is 22.7 Å². The molecule has 10 heteroatoms. The molecule has 3 heterocycles. The fourth-order valence-electron chi connectivity index (χ4n) is 3.63. The Hall–Kier alpha value is -3.59. The van der Waals surface area contributed by atoms with E-state index in [4.69, 9.17) is 28.2 Å². The monoisotopic (exact) mass is 507 g/mol. The molecule has 0 aliphatic heterocycles. The van der Waals surface area contributed by atoms with Crippen LogP contribution in [0.4, 0.5) is 0 Å². The maximum atomic E-state index is 12.2. The summed E-state index contributed by atoms with van der Waals surface area (Å²) in [5, 5.41) is 7.83. The molecule has 34 heavy (non-hydrogen) atoms. The minimum Gasteiger partial charge on any atom is -0.271 e. The number of aromatic amines is 1. The highest BCUT2D eigenvalue weighted by Crippen LogP contribution is 2.38. The van der Waals surface area contributed by atoms with Crippen LogP contribution < -0.4 is 11.2 Å².